The fourth-order valence-electron chi connectivity index (χ4n) is 2.05. The number of ether oxygens (including phenoxy) is 1. The van der Waals surface area contributed by atoms with E-state index in [-0.39, 0.29) is 5.97 Å². The van der Waals surface area contributed by atoms with Gasteiger partial charge >= 0.3 is 5.97 Å². The van der Waals surface area contributed by atoms with Gasteiger partial charge in [-0.15, -0.1) is 11.3 Å². The smallest absolute Gasteiger partial charge is 0.357 e. The normalized spacial score (nSPS) is 20.2. The molecular weight excluding hydrogens is 236 g/mol. The van der Waals surface area contributed by atoms with Crippen LogP contribution in [-0.4, -0.2) is 30.6 Å². The van der Waals surface area contributed by atoms with Crippen molar-refractivity contribution >= 4 is 17.3 Å². The molecule has 0 amide bonds. The van der Waals surface area contributed by atoms with Crippen LogP contribution in [0.1, 0.15) is 35.3 Å². The van der Waals surface area contributed by atoms with Crippen molar-refractivity contribution in [3.63, 3.8) is 0 Å². The molecule has 1 aromatic rings. The van der Waals surface area contributed by atoms with E-state index in [2.05, 4.69) is 10.3 Å². The number of carbonyl (C=O) groups is 1. The summed E-state index contributed by atoms with van der Waals surface area (Å²) in [6.07, 6.45) is 3.46. The number of hydrogen-bond donors (Lipinski definition) is 1. The molecule has 1 aliphatic heterocycles. The third-order valence-electron chi connectivity index (χ3n) is 2.90. The summed E-state index contributed by atoms with van der Waals surface area (Å²) in [7, 11) is 0. The molecule has 5 heteroatoms. The van der Waals surface area contributed by atoms with E-state index in [1.807, 2.05) is 0 Å². The predicted octanol–water partition coefficient (Wildman–Crippen LogP) is 1.86. The first-order valence-corrected chi connectivity index (χ1v) is 6.99. The van der Waals surface area contributed by atoms with Gasteiger partial charge in [0.25, 0.3) is 0 Å². The third-order valence-corrected chi connectivity index (χ3v) is 3.77. The molecule has 94 valence electrons. The number of nitrogens with one attached hydrogen (secondary N) is 1. The maximum Gasteiger partial charge on any atom is 0.357 e. The Balaban J connectivity index is 1.91. The van der Waals surface area contributed by atoms with Crippen molar-refractivity contribution in [3.8, 4) is 0 Å². The molecule has 1 aliphatic rings. The Morgan fingerprint density at radius 3 is 3.29 bits per heavy atom. The van der Waals surface area contributed by atoms with Gasteiger partial charge in [0, 0.05) is 11.8 Å². The van der Waals surface area contributed by atoms with Gasteiger partial charge in [-0.3, -0.25) is 0 Å². The van der Waals surface area contributed by atoms with Crippen LogP contribution in [-0.2, 0) is 11.2 Å². The predicted molar refractivity (Wildman–Crippen MR) is 67.4 cm³/mol. The highest BCUT2D eigenvalue weighted by Crippen LogP contribution is 2.19. The summed E-state index contributed by atoms with van der Waals surface area (Å²) in [5.74, 6) is 0.349. The van der Waals surface area contributed by atoms with Gasteiger partial charge < -0.3 is 10.1 Å². The standard InChI is InChI=1S/C12H18N2O2S/c1-2-16-12(15)10-8-17-11(14-10)6-9-4-3-5-13-7-9/h8-9,13H,2-7H2,1H3. The molecule has 1 fully saturated rings. The highest BCUT2D eigenvalue weighted by atomic mass is 32.1. The lowest BCUT2D eigenvalue weighted by Gasteiger charge is -2.21. The van der Waals surface area contributed by atoms with Crippen LogP contribution in [0.2, 0.25) is 0 Å². The summed E-state index contributed by atoms with van der Waals surface area (Å²) >= 11 is 1.56. The first-order valence-electron chi connectivity index (χ1n) is 6.12. The molecule has 0 aromatic carbocycles. The lowest BCUT2D eigenvalue weighted by atomic mass is 9.97. The van der Waals surface area contributed by atoms with Crippen molar-refractivity contribution in [2.45, 2.75) is 26.2 Å². The van der Waals surface area contributed by atoms with Gasteiger partial charge in [-0.1, -0.05) is 0 Å². The molecule has 1 N–H and O–H groups in total. The minimum Gasteiger partial charge on any atom is -0.461 e. The number of rotatable bonds is 4. The van der Waals surface area contributed by atoms with Gasteiger partial charge in [0.1, 0.15) is 0 Å². The molecule has 1 aromatic heterocycles. The fourth-order valence-corrected chi connectivity index (χ4v) is 2.93. The van der Waals surface area contributed by atoms with E-state index >= 15 is 0 Å². The van der Waals surface area contributed by atoms with Crippen molar-refractivity contribution in [3.05, 3.63) is 16.1 Å². The Hall–Kier alpha value is -0.940. The second kappa shape index (κ2) is 6.12. The molecule has 17 heavy (non-hydrogen) atoms. The van der Waals surface area contributed by atoms with Crippen LogP contribution in [0.25, 0.3) is 0 Å². The molecule has 1 unspecified atom stereocenters. The van der Waals surface area contributed by atoms with Gasteiger partial charge in [0.15, 0.2) is 5.69 Å². The average Bonchev–Trinajstić information content (AvgIpc) is 2.79. The zero-order chi connectivity index (χ0) is 12.1. The molecule has 0 spiro atoms. The monoisotopic (exact) mass is 254 g/mol. The molecule has 0 bridgehead atoms. The molecule has 2 rings (SSSR count). The number of aromatic nitrogens is 1. The van der Waals surface area contributed by atoms with Crippen LogP contribution in [0.3, 0.4) is 0 Å². The largest absolute Gasteiger partial charge is 0.461 e. The Morgan fingerprint density at radius 1 is 1.71 bits per heavy atom. The topological polar surface area (TPSA) is 51.2 Å². The summed E-state index contributed by atoms with van der Waals surface area (Å²) in [4.78, 5) is 15.8. The van der Waals surface area contributed by atoms with Gasteiger partial charge in [-0.2, -0.15) is 0 Å². The summed E-state index contributed by atoms with van der Waals surface area (Å²) in [6.45, 7) is 4.40. The maximum absolute atomic E-state index is 11.5. The van der Waals surface area contributed by atoms with Crippen LogP contribution < -0.4 is 5.32 Å². The quantitative estimate of drug-likeness (QED) is 0.833. The van der Waals surface area contributed by atoms with Gasteiger partial charge in [-0.25, -0.2) is 9.78 Å². The first-order chi connectivity index (χ1) is 8.29. The molecular formula is C12H18N2O2S. The Morgan fingerprint density at radius 2 is 2.59 bits per heavy atom. The number of piperidine rings is 1. The first kappa shape index (κ1) is 12.5. The Kier molecular flexibility index (Phi) is 4.50. The van der Waals surface area contributed by atoms with E-state index < -0.39 is 0 Å². The summed E-state index contributed by atoms with van der Waals surface area (Å²) in [6, 6.07) is 0. The van der Waals surface area contributed by atoms with E-state index in [0.29, 0.717) is 18.2 Å². The minimum absolute atomic E-state index is 0.309. The van der Waals surface area contributed by atoms with Gasteiger partial charge in [0.05, 0.1) is 11.6 Å². The van der Waals surface area contributed by atoms with Crippen LogP contribution >= 0.6 is 11.3 Å². The molecule has 0 radical (unpaired) electrons. The molecule has 1 atom stereocenters. The van der Waals surface area contributed by atoms with Crippen molar-refractivity contribution in [2.75, 3.05) is 19.7 Å². The molecule has 0 saturated carbocycles. The molecule has 0 aliphatic carbocycles. The second-order valence-electron chi connectivity index (χ2n) is 4.26. The summed E-state index contributed by atoms with van der Waals surface area (Å²) in [5.41, 5.74) is 0.454. The lowest BCUT2D eigenvalue weighted by Crippen LogP contribution is -2.30. The van der Waals surface area contributed by atoms with E-state index in [9.17, 15) is 4.79 Å². The van der Waals surface area contributed by atoms with Gasteiger partial charge in [0.2, 0.25) is 0 Å². The van der Waals surface area contributed by atoms with E-state index in [0.717, 1.165) is 24.5 Å². The molecule has 1 saturated heterocycles. The van der Waals surface area contributed by atoms with Gasteiger partial charge in [-0.05, 0) is 38.8 Å². The van der Waals surface area contributed by atoms with Crippen molar-refractivity contribution in [2.24, 2.45) is 5.92 Å². The van der Waals surface area contributed by atoms with Crippen LogP contribution in [0.4, 0.5) is 0 Å². The maximum atomic E-state index is 11.5. The number of carbonyl (C=O) groups excluding carboxylic acids is 1. The Labute approximate surface area is 105 Å². The van der Waals surface area contributed by atoms with Crippen molar-refractivity contribution < 1.29 is 9.53 Å². The van der Waals surface area contributed by atoms with Crippen LogP contribution in [0.5, 0.6) is 0 Å². The van der Waals surface area contributed by atoms with E-state index in [1.54, 1.807) is 23.6 Å². The molecule has 2 heterocycles. The van der Waals surface area contributed by atoms with E-state index in [4.69, 9.17) is 4.74 Å². The Bertz CT molecular complexity index is 372. The summed E-state index contributed by atoms with van der Waals surface area (Å²) < 4.78 is 4.92. The lowest BCUT2D eigenvalue weighted by molar-refractivity contribution is 0.0520. The number of esters is 1. The number of hydrogen-bond acceptors (Lipinski definition) is 5. The SMILES string of the molecule is CCOC(=O)c1csc(CC2CCCNC2)n1. The van der Waals surface area contributed by atoms with E-state index in [1.165, 1.54) is 12.8 Å². The minimum atomic E-state index is -0.309. The summed E-state index contributed by atoms with van der Waals surface area (Å²) in [5, 5.41) is 6.23. The highest BCUT2D eigenvalue weighted by Gasteiger charge is 2.17. The van der Waals surface area contributed by atoms with Crippen LogP contribution in [0, 0.1) is 5.92 Å². The average molecular weight is 254 g/mol. The zero-order valence-corrected chi connectivity index (χ0v) is 10.9. The van der Waals surface area contributed by atoms with Crippen LogP contribution in [0.15, 0.2) is 5.38 Å². The fraction of sp³-hybridized carbons (Fsp3) is 0.667. The highest BCUT2D eigenvalue weighted by molar-refractivity contribution is 7.09. The second-order valence-corrected chi connectivity index (χ2v) is 5.21. The number of nitrogens with zero attached hydrogens (tertiary/aromatic N) is 1. The number of thiazole rings is 1. The zero-order valence-electron chi connectivity index (χ0n) is 10.1. The van der Waals surface area contributed by atoms with Crippen molar-refractivity contribution in [1.29, 1.82) is 0 Å². The molecule has 4 nitrogen and oxygen atoms in total. The third kappa shape index (κ3) is 3.51. The van der Waals surface area contributed by atoms with Crippen molar-refractivity contribution in [1.82, 2.24) is 10.3 Å².